The highest BCUT2D eigenvalue weighted by molar-refractivity contribution is 5.75. The number of hydrogen-bond donors (Lipinski definition) is 2. The van der Waals surface area contributed by atoms with E-state index in [0.717, 1.165) is 43.8 Å². The minimum atomic E-state index is -0.224. The van der Waals surface area contributed by atoms with E-state index in [2.05, 4.69) is 27.9 Å². The van der Waals surface area contributed by atoms with Gasteiger partial charge in [0.25, 0.3) is 0 Å². The lowest BCUT2D eigenvalue weighted by Gasteiger charge is -2.07. The van der Waals surface area contributed by atoms with Crippen LogP contribution in [0.15, 0.2) is 24.3 Å². The molecule has 108 valence electrons. The first-order valence-corrected chi connectivity index (χ1v) is 7.15. The van der Waals surface area contributed by atoms with Crippen molar-refractivity contribution in [2.24, 2.45) is 5.73 Å². The third kappa shape index (κ3) is 3.57. The second-order valence-corrected chi connectivity index (χ2v) is 4.86. The van der Waals surface area contributed by atoms with Crippen LogP contribution < -0.4 is 11.1 Å². The van der Waals surface area contributed by atoms with Gasteiger partial charge in [0.2, 0.25) is 5.91 Å². The number of carbonyl (C=O) groups excluding carboxylic acids is 1. The first-order valence-electron chi connectivity index (χ1n) is 7.15. The molecule has 0 aliphatic rings. The van der Waals surface area contributed by atoms with E-state index in [4.69, 9.17) is 5.73 Å². The van der Waals surface area contributed by atoms with Crippen molar-refractivity contribution in [2.45, 2.75) is 39.3 Å². The molecular weight excluding hydrogens is 252 g/mol. The molecule has 0 saturated heterocycles. The lowest BCUT2D eigenvalue weighted by molar-refractivity contribution is -0.118. The number of carbonyl (C=O) groups is 1. The van der Waals surface area contributed by atoms with E-state index in [0.29, 0.717) is 6.42 Å². The van der Waals surface area contributed by atoms with Gasteiger partial charge in [0.15, 0.2) is 0 Å². The fourth-order valence-corrected chi connectivity index (χ4v) is 2.36. The average molecular weight is 274 g/mol. The summed E-state index contributed by atoms with van der Waals surface area (Å²) in [6, 6.07) is 8.19. The molecule has 1 aromatic heterocycles. The average Bonchev–Trinajstić information content (AvgIpc) is 2.79. The fourth-order valence-electron chi connectivity index (χ4n) is 2.36. The number of primary amides is 1. The second kappa shape index (κ2) is 7.05. The lowest BCUT2D eigenvalue weighted by Crippen LogP contribution is -2.18. The van der Waals surface area contributed by atoms with Crippen molar-refractivity contribution in [1.82, 2.24) is 14.9 Å². The van der Waals surface area contributed by atoms with Crippen LogP contribution in [-0.2, 0) is 17.9 Å². The van der Waals surface area contributed by atoms with Crippen LogP contribution in [0, 0.1) is 0 Å². The Bertz CT molecular complexity index is 576. The number of nitrogens with two attached hydrogens (primary N) is 1. The van der Waals surface area contributed by atoms with Gasteiger partial charge in [0.05, 0.1) is 17.6 Å². The summed E-state index contributed by atoms with van der Waals surface area (Å²) in [6.07, 6.45) is 2.26. The van der Waals surface area contributed by atoms with Gasteiger partial charge < -0.3 is 15.6 Å². The Morgan fingerprint density at radius 1 is 1.35 bits per heavy atom. The van der Waals surface area contributed by atoms with Crippen molar-refractivity contribution in [1.29, 1.82) is 0 Å². The Hall–Kier alpha value is -1.88. The van der Waals surface area contributed by atoms with Crippen LogP contribution in [-0.4, -0.2) is 22.0 Å². The summed E-state index contributed by atoms with van der Waals surface area (Å²) in [5, 5.41) is 3.38. The molecule has 1 amide bonds. The smallest absolute Gasteiger partial charge is 0.217 e. The molecule has 1 heterocycles. The minimum Gasteiger partial charge on any atom is -0.370 e. The number of nitrogens with zero attached hydrogens (tertiary/aromatic N) is 2. The van der Waals surface area contributed by atoms with Gasteiger partial charge in [-0.05, 0) is 38.4 Å². The van der Waals surface area contributed by atoms with Crippen LogP contribution in [0.3, 0.4) is 0 Å². The molecule has 0 unspecified atom stereocenters. The number of rotatable bonds is 8. The SMILES string of the molecule is CCn1c(CNCCCCC(N)=O)nc2ccccc21. The molecule has 0 radical (unpaired) electrons. The third-order valence-corrected chi connectivity index (χ3v) is 3.36. The predicted molar refractivity (Wildman–Crippen MR) is 80.2 cm³/mol. The van der Waals surface area contributed by atoms with Crippen molar-refractivity contribution < 1.29 is 4.79 Å². The first-order chi connectivity index (χ1) is 9.72. The van der Waals surface area contributed by atoms with E-state index in [9.17, 15) is 4.79 Å². The van der Waals surface area contributed by atoms with Crippen LogP contribution >= 0.6 is 0 Å². The molecule has 3 N–H and O–H groups in total. The van der Waals surface area contributed by atoms with Gasteiger partial charge in [-0.15, -0.1) is 0 Å². The number of benzene rings is 1. The summed E-state index contributed by atoms with van der Waals surface area (Å²) >= 11 is 0. The highest BCUT2D eigenvalue weighted by Gasteiger charge is 2.07. The number of hydrogen-bond acceptors (Lipinski definition) is 3. The fraction of sp³-hybridized carbons (Fsp3) is 0.467. The highest BCUT2D eigenvalue weighted by atomic mass is 16.1. The van der Waals surface area contributed by atoms with Crippen LogP contribution in [0.2, 0.25) is 0 Å². The molecule has 0 fully saturated rings. The van der Waals surface area contributed by atoms with Crippen molar-refractivity contribution in [2.75, 3.05) is 6.54 Å². The van der Waals surface area contributed by atoms with Gasteiger partial charge in [0, 0.05) is 13.0 Å². The molecule has 0 aliphatic heterocycles. The Morgan fingerprint density at radius 3 is 2.90 bits per heavy atom. The monoisotopic (exact) mass is 274 g/mol. The van der Waals surface area contributed by atoms with Gasteiger partial charge in [-0.2, -0.15) is 0 Å². The van der Waals surface area contributed by atoms with Crippen LogP contribution in [0.25, 0.3) is 11.0 Å². The Kier molecular flexibility index (Phi) is 5.12. The predicted octanol–water partition coefficient (Wildman–Crippen LogP) is 1.80. The summed E-state index contributed by atoms with van der Waals surface area (Å²) < 4.78 is 2.23. The maximum atomic E-state index is 10.6. The number of amides is 1. The van der Waals surface area contributed by atoms with Gasteiger partial charge in [-0.1, -0.05) is 12.1 Å². The third-order valence-electron chi connectivity index (χ3n) is 3.36. The summed E-state index contributed by atoms with van der Waals surface area (Å²) in [5.41, 5.74) is 7.33. The van der Waals surface area contributed by atoms with Gasteiger partial charge in [-0.3, -0.25) is 4.79 Å². The zero-order chi connectivity index (χ0) is 14.4. The van der Waals surface area contributed by atoms with E-state index in [1.165, 1.54) is 5.52 Å². The summed E-state index contributed by atoms with van der Waals surface area (Å²) in [4.78, 5) is 15.3. The molecule has 5 heteroatoms. The Labute approximate surface area is 119 Å². The number of imidazole rings is 1. The summed E-state index contributed by atoms with van der Waals surface area (Å²) in [7, 11) is 0. The Balaban J connectivity index is 1.88. The Morgan fingerprint density at radius 2 is 2.15 bits per heavy atom. The first kappa shape index (κ1) is 14.5. The maximum absolute atomic E-state index is 10.6. The molecule has 2 aromatic rings. The van der Waals surface area contributed by atoms with E-state index in [1.54, 1.807) is 0 Å². The largest absolute Gasteiger partial charge is 0.370 e. The molecular formula is C15H22N4O. The molecule has 0 atom stereocenters. The lowest BCUT2D eigenvalue weighted by atomic mass is 10.2. The topological polar surface area (TPSA) is 72.9 Å². The molecule has 1 aromatic carbocycles. The van der Waals surface area contributed by atoms with Gasteiger partial charge in [0.1, 0.15) is 5.82 Å². The molecule has 20 heavy (non-hydrogen) atoms. The number of aryl methyl sites for hydroxylation is 1. The van der Waals surface area contributed by atoms with Gasteiger partial charge in [-0.25, -0.2) is 4.98 Å². The standard InChI is InChI=1S/C15H22N4O/c1-2-19-13-8-4-3-7-12(13)18-15(19)11-17-10-6-5-9-14(16)20/h3-4,7-8,17H,2,5-6,9-11H2,1H3,(H2,16,20). The van der Waals surface area contributed by atoms with E-state index < -0.39 is 0 Å². The van der Waals surface area contributed by atoms with E-state index in [-0.39, 0.29) is 5.91 Å². The number of nitrogens with one attached hydrogen (secondary N) is 1. The summed E-state index contributed by atoms with van der Waals surface area (Å²) in [6.45, 7) is 4.67. The zero-order valence-corrected chi connectivity index (χ0v) is 11.9. The van der Waals surface area contributed by atoms with Crippen molar-refractivity contribution in [3.05, 3.63) is 30.1 Å². The van der Waals surface area contributed by atoms with E-state index in [1.807, 2.05) is 18.2 Å². The molecule has 0 spiro atoms. The number of aromatic nitrogens is 2. The molecule has 2 rings (SSSR count). The van der Waals surface area contributed by atoms with Crippen molar-refractivity contribution in [3.63, 3.8) is 0 Å². The van der Waals surface area contributed by atoms with E-state index >= 15 is 0 Å². The second-order valence-electron chi connectivity index (χ2n) is 4.86. The van der Waals surface area contributed by atoms with Crippen LogP contribution in [0.1, 0.15) is 32.0 Å². The molecule has 0 saturated carbocycles. The normalized spacial score (nSPS) is 11.1. The minimum absolute atomic E-state index is 0.224. The summed E-state index contributed by atoms with van der Waals surface area (Å²) in [5.74, 6) is 0.835. The highest BCUT2D eigenvalue weighted by Crippen LogP contribution is 2.15. The molecule has 5 nitrogen and oxygen atoms in total. The maximum Gasteiger partial charge on any atom is 0.217 e. The molecule has 0 aliphatic carbocycles. The molecule has 0 bridgehead atoms. The number of fused-ring (bicyclic) bond motifs is 1. The van der Waals surface area contributed by atoms with Crippen molar-refractivity contribution >= 4 is 16.9 Å². The van der Waals surface area contributed by atoms with Crippen molar-refractivity contribution in [3.8, 4) is 0 Å². The zero-order valence-electron chi connectivity index (χ0n) is 11.9. The number of para-hydroxylation sites is 2. The van der Waals surface area contributed by atoms with Crippen LogP contribution in [0.5, 0.6) is 0 Å². The van der Waals surface area contributed by atoms with Gasteiger partial charge >= 0.3 is 0 Å². The van der Waals surface area contributed by atoms with Crippen LogP contribution in [0.4, 0.5) is 0 Å². The number of unbranched alkanes of at least 4 members (excludes halogenated alkanes) is 1. The quantitative estimate of drug-likeness (QED) is 0.721.